The summed E-state index contributed by atoms with van der Waals surface area (Å²) in [5.74, 6) is -2.44. The van der Waals surface area contributed by atoms with Crippen molar-refractivity contribution in [2.45, 2.75) is 19.4 Å². The fourth-order valence-corrected chi connectivity index (χ4v) is 2.06. The second-order valence-electron chi connectivity index (χ2n) is 3.94. The third kappa shape index (κ3) is 2.56. The molecule has 1 saturated heterocycles. The lowest BCUT2D eigenvalue weighted by molar-refractivity contribution is -0.142. The SMILES string of the molecule is C=C(C)C1CNC(C(=O)O)[C@H]1CC(=O)O. The molecule has 0 bridgehead atoms. The first-order valence-corrected chi connectivity index (χ1v) is 4.77. The molecule has 0 aromatic rings. The van der Waals surface area contributed by atoms with Crippen molar-refractivity contribution in [3.63, 3.8) is 0 Å². The van der Waals surface area contributed by atoms with Crippen molar-refractivity contribution in [2.75, 3.05) is 6.54 Å². The van der Waals surface area contributed by atoms with Crippen molar-refractivity contribution in [1.82, 2.24) is 5.32 Å². The van der Waals surface area contributed by atoms with Crippen LogP contribution in [0.3, 0.4) is 0 Å². The Kier molecular flexibility index (Phi) is 3.47. The lowest BCUT2D eigenvalue weighted by Crippen LogP contribution is -2.36. The maximum atomic E-state index is 10.9. The summed E-state index contributed by atoms with van der Waals surface area (Å²) in [5.41, 5.74) is 0.831. The Hall–Kier alpha value is -1.36. The normalized spacial score (nSPS) is 30.1. The number of hydrogen-bond acceptors (Lipinski definition) is 3. The van der Waals surface area contributed by atoms with Gasteiger partial charge in [-0.1, -0.05) is 12.2 Å². The average Bonchev–Trinajstić information content (AvgIpc) is 2.46. The molecule has 0 aliphatic carbocycles. The largest absolute Gasteiger partial charge is 0.481 e. The van der Waals surface area contributed by atoms with Crippen LogP contribution >= 0.6 is 0 Å². The molecule has 1 fully saturated rings. The van der Waals surface area contributed by atoms with Gasteiger partial charge in [0.15, 0.2) is 0 Å². The van der Waals surface area contributed by atoms with Crippen LogP contribution in [-0.2, 0) is 9.59 Å². The molecule has 0 radical (unpaired) electrons. The third-order valence-electron chi connectivity index (χ3n) is 2.81. The van der Waals surface area contributed by atoms with Crippen LogP contribution in [0.4, 0.5) is 0 Å². The van der Waals surface area contributed by atoms with Gasteiger partial charge in [-0.25, -0.2) is 0 Å². The number of nitrogens with one attached hydrogen (secondary N) is 1. The van der Waals surface area contributed by atoms with E-state index < -0.39 is 23.9 Å². The topological polar surface area (TPSA) is 86.6 Å². The molecule has 5 nitrogen and oxygen atoms in total. The molecule has 3 atom stereocenters. The molecule has 0 saturated carbocycles. The highest BCUT2D eigenvalue weighted by atomic mass is 16.4. The number of carbonyl (C=O) groups is 2. The van der Waals surface area contributed by atoms with Crippen LogP contribution in [0.15, 0.2) is 12.2 Å². The van der Waals surface area contributed by atoms with Gasteiger partial charge >= 0.3 is 11.9 Å². The van der Waals surface area contributed by atoms with E-state index in [1.807, 2.05) is 0 Å². The van der Waals surface area contributed by atoms with Crippen LogP contribution in [-0.4, -0.2) is 34.7 Å². The quantitative estimate of drug-likeness (QED) is 0.586. The van der Waals surface area contributed by atoms with E-state index in [9.17, 15) is 9.59 Å². The van der Waals surface area contributed by atoms with Crippen molar-refractivity contribution >= 4 is 11.9 Å². The van der Waals surface area contributed by atoms with Crippen molar-refractivity contribution in [1.29, 1.82) is 0 Å². The van der Waals surface area contributed by atoms with Crippen LogP contribution in [0, 0.1) is 11.8 Å². The molecule has 2 unspecified atom stereocenters. The minimum absolute atomic E-state index is 0.0674. The molecule has 5 heteroatoms. The fourth-order valence-electron chi connectivity index (χ4n) is 2.06. The molecule has 0 aromatic carbocycles. The number of aliphatic carboxylic acids is 2. The molecule has 0 aromatic heterocycles. The van der Waals surface area contributed by atoms with Gasteiger partial charge in [-0.05, 0) is 12.8 Å². The predicted molar refractivity (Wildman–Crippen MR) is 53.5 cm³/mol. The molecule has 1 aliphatic rings. The summed E-state index contributed by atoms with van der Waals surface area (Å²) < 4.78 is 0. The fraction of sp³-hybridized carbons (Fsp3) is 0.600. The van der Waals surface area contributed by atoms with E-state index in [1.54, 1.807) is 6.92 Å². The summed E-state index contributed by atoms with van der Waals surface area (Å²) >= 11 is 0. The summed E-state index contributed by atoms with van der Waals surface area (Å²) in [4.78, 5) is 21.5. The molecule has 1 rings (SSSR count). The van der Waals surface area contributed by atoms with Crippen LogP contribution in [0.25, 0.3) is 0 Å². The van der Waals surface area contributed by atoms with E-state index >= 15 is 0 Å². The Morgan fingerprint density at radius 3 is 2.47 bits per heavy atom. The summed E-state index contributed by atoms with van der Waals surface area (Å²) in [7, 11) is 0. The van der Waals surface area contributed by atoms with Gasteiger partial charge in [-0.2, -0.15) is 0 Å². The van der Waals surface area contributed by atoms with Gasteiger partial charge in [0.25, 0.3) is 0 Å². The Bertz CT molecular complexity index is 278. The van der Waals surface area contributed by atoms with Gasteiger partial charge in [0.05, 0.1) is 6.42 Å². The summed E-state index contributed by atoms with van der Waals surface area (Å²) in [6.45, 7) is 6.05. The summed E-state index contributed by atoms with van der Waals surface area (Å²) in [6, 6.07) is -0.775. The van der Waals surface area contributed by atoms with Gasteiger partial charge in [-0.15, -0.1) is 0 Å². The first-order valence-electron chi connectivity index (χ1n) is 4.77. The number of hydrogen-bond donors (Lipinski definition) is 3. The smallest absolute Gasteiger partial charge is 0.321 e. The highest BCUT2D eigenvalue weighted by Gasteiger charge is 2.41. The van der Waals surface area contributed by atoms with Gasteiger partial charge in [-0.3, -0.25) is 9.59 Å². The molecule has 15 heavy (non-hydrogen) atoms. The zero-order valence-corrected chi connectivity index (χ0v) is 8.56. The molecular weight excluding hydrogens is 198 g/mol. The van der Waals surface area contributed by atoms with Crippen LogP contribution in [0.1, 0.15) is 13.3 Å². The van der Waals surface area contributed by atoms with Crippen LogP contribution in [0.2, 0.25) is 0 Å². The maximum absolute atomic E-state index is 10.9. The number of carboxylic acids is 2. The third-order valence-corrected chi connectivity index (χ3v) is 2.81. The molecular formula is C10H15NO4. The van der Waals surface area contributed by atoms with E-state index in [0.29, 0.717) is 6.54 Å². The van der Waals surface area contributed by atoms with Gasteiger partial charge in [0.1, 0.15) is 6.04 Å². The molecule has 1 heterocycles. The van der Waals surface area contributed by atoms with E-state index in [1.165, 1.54) is 0 Å². The molecule has 0 spiro atoms. The molecule has 3 N–H and O–H groups in total. The minimum Gasteiger partial charge on any atom is -0.481 e. The van der Waals surface area contributed by atoms with Gasteiger partial charge in [0.2, 0.25) is 0 Å². The van der Waals surface area contributed by atoms with Gasteiger partial charge < -0.3 is 15.5 Å². The number of rotatable bonds is 4. The Balaban J connectivity index is 2.82. The lowest BCUT2D eigenvalue weighted by atomic mass is 9.84. The van der Waals surface area contributed by atoms with Crippen molar-refractivity contribution in [3.05, 3.63) is 12.2 Å². The van der Waals surface area contributed by atoms with Crippen molar-refractivity contribution in [2.24, 2.45) is 11.8 Å². The monoisotopic (exact) mass is 213 g/mol. The van der Waals surface area contributed by atoms with Crippen LogP contribution < -0.4 is 5.32 Å². The van der Waals surface area contributed by atoms with Crippen molar-refractivity contribution < 1.29 is 19.8 Å². The van der Waals surface area contributed by atoms with E-state index in [4.69, 9.17) is 10.2 Å². The Morgan fingerprint density at radius 1 is 1.47 bits per heavy atom. The predicted octanol–water partition coefficient (Wildman–Crippen LogP) is 0.326. The molecule has 84 valence electrons. The first-order chi connectivity index (χ1) is 6.93. The maximum Gasteiger partial charge on any atom is 0.321 e. The second kappa shape index (κ2) is 4.44. The highest BCUT2D eigenvalue weighted by Crippen LogP contribution is 2.30. The van der Waals surface area contributed by atoms with E-state index in [-0.39, 0.29) is 12.3 Å². The zero-order valence-electron chi connectivity index (χ0n) is 8.56. The summed E-state index contributed by atoms with van der Waals surface area (Å²) in [5, 5.41) is 20.5. The standard InChI is InChI=1S/C10H15NO4/c1-5(2)7-4-11-9(10(14)15)6(7)3-8(12)13/h6-7,9,11H,1,3-4H2,2H3,(H,12,13)(H,14,15)/t6-,7?,9?/m0/s1. The van der Waals surface area contributed by atoms with E-state index in [0.717, 1.165) is 5.57 Å². The van der Waals surface area contributed by atoms with E-state index in [2.05, 4.69) is 11.9 Å². The minimum atomic E-state index is -0.995. The Labute approximate surface area is 87.8 Å². The molecule has 1 aliphatic heterocycles. The zero-order chi connectivity index (χ0) is 11.6. The van der Waals surface area contributed by atoms with Crippen molar-refractivity contribution in [3.8, 4) is 0 Å². The Morgan fingerprint density at radius 2 is 2.07 bits per heavy atom. The average molecular weight is 213 g/mol. The summed E-state index contributed by atoms with van der Waals surface area (Å²) in [6.07, 6.45) is -0.137. The lowest BCUT2D eigenvalue weighted by Gasteiger charge is -2.19. The highest BCUT2D eigenvalue weighted by molar-refractivity contribution is 5.76. The first kappa shape index (κ1) is 11.7. The van der Waals surface area contributed by atoms with Crippen LogP contribution in [0.5, 0.6) is 0 Å². The van der Waals surface area contributed by atoms with Gasteiger partial charge in [0, 0.05) is 12.5 Å². The molecule has 0 amide bonds. The number of carboxylic acid groups (broad SMARTS) is 2. The second-order valence-corrected chi connectivity index (χ2v) is 3.94.